The van der Waals surface area contributed by atoms with E-state index in [0.29, 0.717) is 11.4 Å². The van der Waals surface area contributed by atoms with Gasteiger partial charge in [-0.25, -0.2) is 0 Å². The number of aromatic hydroxyl groups is 1. The Balaban J connectivity index is 1.89. The zero-order valence-corrected chi connectivity index (χ0v) is 14.7. The van der Waals surface area contributed by atoms with Gasteiger partial charge in [0.05, 0.1) is 19.3 Å². The second-order valence-corrected chi connectivity index (χ2v) is 5.82. The van der Waals surface area contributed by atoms with Gasteiger partial charge in [-0.3, -0.25) is 14.6 Å². The minimum absolute atomic E-state index is 0.151. The number of rotatable bonds is 6. The Kier molecular flexibility index (Phi) is 5.51. The van der Waals surface area contributed by atoms with Crippen molar-refractivity contribution in [3.05, 3.63) is 88.2 Å². The van der Waals surface area contributed by atoms with Gasteiger partial charge in [-0.05, 0) is 29.8 Å². The number of hydrogen-bond acceptors (Lipinski definition) is 6. The summed E-state index contributed by atoms with van der Waals surface area (Å²) < 4.78 is 10.3. The number of carbonyl (C=O) groups excluding carboxylic acids is 1. The summed E-state index contributed by atoms with van der Waals surface area (Å²) in [5.74, 6) is -0.459. The second kappa shape index (κ2) is 8.18. The zero-order valence-electron chi connectivity index (χ0n) is 14.7. The number of carbonyl (C=O) groups is 1. The average Bonchev–Trinajstić information content (AvgIpc) is 2.70. The number of methoxy groups -OCH3 is 1. The van der Waals surface area contributed by atoms with Crippen LogP contribution in [0.15, 0.2) is 70.2 Å². The Morgan fingerprint density at radius 2 is 1.96 bits per heavy atom. The van der Waals surface area contributed by atoms with Crippen molar-refractivity contribution in [2.24, 2.45) is 0 Å². The molecule has 7 nitrogen and oxygen atoms in total. The average molecular weight is 366 g/mol. The fraction of sp³-hybridized carbons (Fsp3) is 0.150. The zero-order chi connectivity index (χ0) is 19.2. The lowest BCUT2D eigenvalue weighted by Gasteiger charge is -2.22. The SMILES string of the molecule is COc1ccc(CN(Cc2ccccn2)C(=O)c2cc(=O)c(O)co2)cc1. The molecule has 0 saturated heterocycles. The van der Waals surface area contributed by atoms with Crippen LogP contribution in [0.5, 0.6) is 11.5 Å². The van der Waals surface area contributed by atoms with Crippen molar-refractivity contribution >= 4 is 5.91 Å². The molecule has 2 heterocycles. The number of hydrogen-bond donors (Lipinski definition) is 1. The first kappa shape index (κ1) is 18.2. The number of benzene rings is 1. The molecule has 0 aliphatic rings. The third-order valence-corrected chi connectivity index (χ3v) is 3.92. The number of amides is 1. The standard InChI is InChI=1S/C20H18N2O5/c1-26-16-7-5-14(6-8-16)11-22(12-15-4-2-3-9-21-15)20(25)19-10-17(23)18(24)13-27-19/h2-10,13,24H,11-12H2,1H3. The summed E-state index contributed by atoms with van der Waals surface area (Å²) in [6.45, 7) is 0.514. The van der Waals surface area contributed by atoms with Gasteiger partial charge < -0.3 is 19.2 Å². The number of pyridine rings is 1. The van der Waals surface area contributed by atoms with Crippen molar-refractivity contribution < 1.29 is 19.1 Å². The highest BCUT2D eigenvalue weighted by Crippen LogP contribution is 2.17. The van der Waals surface area contributed by atoms with Crippen LogP contribution in [-0.4, -0.2) is 28.0 Å². The van der Waals surface area contributed by atoms with Crippen molar-refractivity contribution in [2.75, 3.05) is 7.11 Å². The molecular formula is C20H18N2O5. The fourth-order valence-electron chi connectivity index (χ4n) is 2.51. The van der Waals surface area contributed by atoms with Gasteiger partial charge in [0.25, 0.3) is 5.91 Å². The van der Waals surface area contributed by atoms with E-state index in [2.05, 4.69) is 4.98 Å². The van der Waals surface area contributed by atoms with Gasteiger partial charge in [-0.1, -0.05) is 18.2 Å². The third-order valence-electron chi connectivity index (χ3n) is 3.92. The van der Waals surface area contributed by atoms with Gasteiger partial charge in [0, 0.05) is 18.8 Å². The molecule has 0 spiro atoms. The van der Waals surface area contributed by atoms with Crippen LogP contribution in [0.1, 0.15) is 21.8 Å². The van der Waals surface area contributed by atoms with Gasteiger partial charge in [0.1, 0.15) is 12.0 Å². The highest BCUT2D eigenvalue weighted by Gasteiger charge is 2.20. The van der Waals surface area contributed by atoms with Crippen LogP contribution in [-0.2, 0) is 13.1 Å². The minimum Gasteiger partial charge on any atom is -0.502 e. The molecular weight excluding hydrogens is 348 g/mol. The van der Waals surface area contributed by atoms with Gasteiger partial charge in [-0.2, -0.15) is 0 Å². The number of aromatic nitrogens is 1. The molecule has 3 aromatic rings. The molecule has 0 aliphatic carbocycles. The highest BCUT2D eigenvalue weighted by molar-refractivity contribution is 5.91. The molecule has 7 heteroatoms. The normalized spacial score (nSPS) is 10.4. The van der Waals surface area contributed by atoms with Crippen molar-refractivity contribution in [2.45, 2.75) is 13.1 Å². The van der Waals surface area contributed by atoms with Crippen LogP contribution in [0.4, 0.5) is 0 Å². The van der Waals surface area contributed by atoms with E-state index in [-0.39, 0.29) is 18.8 Å². The molecule has 0 bridgehead atoms. The van der Waals surface area contributed by atoms with E-state index in [4.69, 9.17) is 9.15 Å². The van der Waals surface area contributed by atoms with Crippen LogP contribution < -0.4 is 10.2 Å². The molecule has 0 fully saturated rings. The van der Waals surface area contributed by atoms with Crippen molar-refractivity contribution in [3.8, 4) is 11.5 Å². The van der Waals surface area contributed by atoms with E-state index in [9.17, 15) is 14.7 Å². The maximum absolute atomic E-state index is 12.9. The molecule has 1 aromatic carbocycles. The lowest BCUT2D eigenvalue weighted by atomic mass is 10.2. The van der Waals surface area contributed by atoms with Crippen molar-refractivity contribution in [1.82, 2.24) is 9.88 Å². The van der Waals surface area contributed by atoms with Crippen LogP contribution >= 0.6 is 0 Å². The van der Waals surface area contributed by atoms with E-state index in [1.807, 2.05) is 18.2 Å². The molecule has 0 unspecified atom stereocenters. The largest absolute Gasteiger partial charge is 0.502 e. The first-order valence-electron chi connectivity index (χ1n) is 8.21. The summed E-state index contributed by atoms with van der Waals surface area (Å²) in [4.78, 5) is 30.3. The molecule has 2 aromatic heterocycles. The van der Waals surface area contributed by atoms with E-state index < -0.39 is 17.1 Å². The Labute approximate surface area is 155 Å². The highest BCUT2D eigenvalue weighted by atomic mass is 16.5. The van der Waals surface area contributed by atoms with Crippen LogP contribution in [0, 0.1) is 0 Å². The lowest BCUT2D eigenvalue weighted by molar-refractivity contribution is 0.0692. The molecule has 138 valence electrons. The summed E-state index contributed by atoms with van der Waals surface area (Å²) in [6, 6.07) is 13.7. The molecule has 0 saturated carbocycles. The third kappa shape index (κ3) is 4.52. The van der Waals surface area contributed by atoms with Gasteiger partial charge in [0.2, 0.25) is 5.43 Å². The van der Waals surface area contributed by atoms with E-state index in [1.165, 1.54) is 4.90 Å². The monoisotopic (exact) mass is 366 g/mol. The lowest BCUT2D eigenvalue weighted by Crippen LogP contribution is -2.31. The second-order valence-electron chi connectivity index (χ2n) is 5.82. The summed E-state index contributed by atoms with van der Waals surface area (Å²) in [5, 5.41) is 9.33. The van der Waals surface area contributed by atoms with Crippen LogP contribution in [0.25, 0.3) is 0 Å². The summed E-state index contributed by atoms with van der Waals surface area (Å²) in [7, 11) is 1.58. The first-order valence-corrected chi connectivity index (χ1v) is 8.21. The first-order chi connectivity index (χ1) is 13.1. The molecule has 0 atom stereocenters. The Morgan fingerprint density at radius 1 is 1.19 bits per heavy atom. The smallest absolute Gasteiger partial charge is 0.290 e. The van der Waals surface area contributed by atoms with Gasteiger partial charge in [0.15, 0.2) is 11.5 Å². The van der Waals surface area contributed by atoms with Gasteiger partial charge >= 0.3 is 0 Å². The quantitative estimate of drug-likeness (QED) is 0.721. The Bertz CT molecular complexity index is 968. The number of ether oxygens (including phenoxy) is 1. The van der Waals surface area contributed by atoms with Crippen molar-refractivity contribution in [3.63, 3.8) is 0 Å². The molecule has 3 rings (SSSR count). The molecule has 1 amide bonds. The summed E-state index contributed by atoms with van der Waals surface area (Å²) in [6.07, 6.45) is 2.51. The fourth-order valence-corrected chi connectivity index (χ4v) is 2.51. The Morgan fingerprint density at radius 3 is 2.59 bits per heavy atom. The predicted molar refractivity (Wildman–Crippen MR) is 97.5 cm³/mol. The minimum atomic E-state index is -0.674. The van der Waals surface area contributed by atoms with Gasteiger partial charge in [-0.15, -0.1) is 0 Å². The number of nitrogens with zero attached hydrogens (tertiary/aromatic N) is 2. The maximum atomic E-state index is 12.9. The van der Waals surface area contributed by atoms with E-state index in [1.54, 1.807) is 37.6 Å². The maximum Gasteiger partial charge on any atom is 0.290 e. The van der Waals surface area contributed by atoms with Crippen molar-refractivity contribution in [1.29, 1.82) is 0 Å². The molecule has 27 heavy (non-hydrogen) atoms. The van der Waals surface area contributed by atoms with E-state index >= 15 is 0 Å². The molecule has 0 aliphatic heterocycles. The predicted octanol–water partition coefficient (Wildman–Crippen LogP) is 2.59. The summed E-state index contributed by atoms with van der Waals surface area (Å²) >= 11 is 0. The van der Waals surface area contributed by atoms with E-state index in [0.717, 1.165) is 17.9 Å². The molecule has 1 N–H and O–H groups in total. The molecule has 0 radical (unpaired) electrons. The topological polar surface area (TPSA) is 92.9 Å². The van der Waals surface area contributed by atoms with Crippen LogP contribution in [0.3, 0.4) is 0 Å². The van der Waals surface area contributed by atoms with Crippen LogP contribution in [0.2, 0.25) is 0 Å². The summed E-state index contributed by atoms with van der Waals surface area (Å²) in [5.41, 5.74) is 0.897. The Hall–Kier alpha value is -3.61.